The Morgan fingerprint density at radius 3 is 2.16 bits per heavy atom. The number of nitrogens with zero attached hydrogens (tertiary/aromatic N) is 1. The highest BCUT2D eigenvalue weighted by Crippen LogP contribution is 2.41. The predicted octanol–water partition coefficient (Wildman–Crippen LogP) is 2.79. The molecule has 1 saturated heterocycles. The monoisotopic (exact) mass is 266 g/mol. The van der Waals surface area contributed by atoms with Crippen LogP contribution in [-0.2, 0) is 4.79 Å². The summed E-state index contributed by atoms with van der Waals surface area (Å²) in [6, 6.07) is 0. The maximum absolute atomic E-state index is 12.9. The first-order valence-electron chi connectivity index (χ1n) is 7.88. The fourth-order valence-corrected chi connectivity index (χ4v) is 3.47. The first kappa shape index (κ1) is 14.8. The molecule has 1 amide bonds. The summed E-state index contributed by atoms with van der Waals surface area (Å²) in [7, 11) is 0. The molecule has 19 heavy (non-hydrogen) atoms. The Balaban J connectivity index is 2.01. The van der Waals surface area contributed by atoms with Gasteiger partial charge in [0.05, 0.1) is 5.41 Å². The van der Waals surface area contributed by atoms with Crippen molar-refractivity contribution in [2.45, 2.75) is 59.3 Å². The fourth-order valence-electron chi connectivity index (χ4n) is 3.47. The molecule has 0 aromatic rings. The lowest BCUT2D eigenvalue weighted by Crippen LogP contribution is -2.52. The van der Waals surface area contributed by atoms with Crippen LogP contribution in [0.5, 0.6) is 0 Å². The summed E-state index contributed by atoms with van der Waals surface area (Å²) >= 11 is 0. The molecular formula is C16H30N2O. The molecule has 1 heterocycles. The minimum atomic E-state index is -0.242. The highest BCUT2D eigenvalue weighted by Gasteiger charge is 2.43. The van der Waals surface area contributed by atoms with Gasteiger partial charge in [0.15, 0.2) is 0 Å². The van der Waals surface area contributed by atoms with Gasteiger partial charge >= 0.3 is 0 Å². The van der Waals surface area contributed by atoms with Crippen LogP contribution in [0.1, 0.15) is 59.3 Å². The lowest BCUT2D eigenvalue weighted by molar-refractivity contribution is -0.146. The van der Waals surface area contributed by atoms with Crippen molar-refractivity contribution in [2.24, 2.45) is 22.5 Å². The molecule has 1 aliphatic heterocycles. The molecular weight excluding hydrogens is 236 g/mol. The first-order chi connectivity index (χ1) is 8.88. The topological polar surface area (TPSA) is 46.3 Å². The summed E-state index contributed by atoms with van der Waals surface area (Å²) in [5.74, 6) is 1.10. The second kappa shape index (κ2) is 5.43. The zero-order valence-corrected chi connectivity index (χ0v) is 12.9. The van der Waals surface area contributed by atoms with E-state index in [1.807, 2.05) is 0 Å². The minimum Gasteiger partial charge on any atom is -0.342 e. The van der Waals surface area contributed by atoms with E-state index in [-0.39, 0.29) is 5.41 Å². The quantitative estimate of drug-likeness (QED) is 0.835. The van der Waals surface area contributed by atoms with E-state index in [1.165, 1.54) is 0 Å². The highest BCUT2D eigenvalue weighted by atomic mass is 16.2. The van der Waals surface area contributed by atoms with Gasteiger partial charge in [-0.05, 0) is 49.9 Å². The van der Waals surface area contributed by atoms with Crippen LogP contribution < -0.4 is 5.73 Å². The number of amides is 1. The van der Waals surface area contributed by atoms with E-state index < -0.39 is 0 Å². The molecule has 3 heteroatoms. The Kier molecular flexibility index (Phi) is 4.24. The van der Waals surface area contributed by atoms with Crippen LogP contribution in [0, 0.1) is 16.7 Å². The van der Waals surface area contributed by atoms with Crippen molar-refractivity contribution in [1.29, 1.82) is 0 Å². The number of hydrogen-bond acceptors (Lipinski definition) is 2. The summed E-state index contributed by atoms with van der Waals surface area (Å²) in [4.78, 5) is 15.0. The third kappa shape index (κ3) is 3.13. The molecule has 2 aliphatic rings. The number of carbonyl (C=O) groups excluding carboxylic acids is 1. The third-order valence-electron chi connectivity index (χ3n) is 5.48. The van der Waals surface area contributed by atoms with Crippen LogP contribution in [0.15, 0.2) is 0 Å². The average Bonchev–Trinajstić information content (AvgIpc) is 2.39. The maximum Gasteiger partial charge on any atom is 0.230 e. The Hall–Kier alpha value is -0.570. The Morgan fingerprint density at radius 2 is 1.68 bits per heavy atom. The van der Waals surface area contributed by atoms with Gasteiger partial charge in [-0.25, -0.2) is 0 Å². The molecule has 0 atom stereocenters. The molecule has 1 aliphatic carbocycles. The molecule has 110 valence electrons. The zero-order chi connectivity index (χ0) is 14.1. The van der Waals surface area contributed by atoms with Crippen LogP contribution in [0.25, 0.3) is 0 Å². The van der Waals surface area contributed by atoms with Gasteiger partial charge in [-0.3, -0.25) is 4.79 Å². The molecule has 2 rings (SSSR count). The van der Waals surface area contributed by atoms with E-state index in [1.54, 1.807) is 0 Å². The van der Waals surface area contributed by atoms with E-state index >= 15 is 0 Å². The molecule has 0 radical (unpaired) electrons. The lowest BCUT2D eigenvalue weighted by Gasteiger charge is -2.44. The van der Waals surface area contributed by atoms with Crippen molar-refractivity contribution in [3.05, 3.63) is 0 Å². The molecule has 0 aromatic carbocycles. The van der Waals surface area contributed by atoms with Crippen LogP contribution in [-0.4, -0.2) is 30.4 Å². The number of rotatable bonds is 2. The van der Waals surface area contributed by atoms with Crippen LogP contribution >= 0.6 is 0 Å². The molecule has 0 bridgehead atoms. The van der Waals surface area contributed by atoms with Gasteiger partial charge in [0, 0.05) is 19.6 Å². The van der Waals surface area contributed by atoms with Crippen molar-refractivity contribution in [3.63, 3.8) is 0 Å². The number of nitrogens with two attached hydrogens (primary N) is 1. The lowest BCUT2D eigenvalue weighted by atomic mass is 9.69. The van der Waals surface area contributed by atoms with E-state index in [0.29, 0.717) is 17.9 Å². The van der Waals surface area contributed by atoms with Crippen LogP contribution in [0.3, 0.4) is 0 Å². The van der Waals surface area contributed by atoms with Gasteiger partial charge in [-0.15, -0.1) is 0 Å². The van der Waals surface area contributed by atoms with Crippen molar-refractivity contribution in [1.82, 2.24) is 4.90 Å². The average molecular weight is 266 g/mol. The van der Waals surface area contributed by atoms with E-state index in [4.69, 9.17) is 5.73 Å². The van der Waals surface area contributed by atoms with Gasteiger partial charge in [0.1, 0.15) is 0 Å². The van der Waals surface area contributed by atoms with Gasteiger partial charge in [0.2, 0.25) is 5.91 Å². The zero-order valence-electron chi connectivity index (χ0n) is 12.9. The minimum absolute atomic E-state index is 0.242. The molecule has 2 N–H and O–H groups in total. The normalized spacial score (nSPS) is 35.2. The Bertz CT molecular complexity index is 320. The molecule has 0 unspecified atom stereocenters. The van der Waals surface area contributed by atoms with Crippen molar-refractivity contribution in [3.8, 4) is 0 Å². The molecule has 2 fully saturated rings. The summed E-state index contributed by atoms with van der Waals surface area (Å²) in [5, 5.41) is 0. The second-order valence-corrected chi connectivity index (χ2v) is 7.62. The van der Waals surface area contributed by atoms with Crippen LogP contribution in [0.2, 0.25) is 0 Å². The second-order valence-electron chi connectivity index (χ2n) is 7.62. The van der Waals surface area contributed by atoms with Crippen molar-refractivity contribution in [2.75, 3.05) is 19.6 Å². The summed E-state index contributed by atoms with van der Waals surface area (Å²) in [6.07, 6.45) is 6.53. The van der Waals surface area contributed by atoms with Crippen molar-refractivity contribution < 1.29 is 4.79 Å². The van der Waals surface area contributed by atoms with E-state index in [9.17, 15) is 4.79 Å². The Labute approximate surface area is 117 Å². The summed E-state index contributed by atoms with van der Waals surface area (Å²) < 4.78 is 0. The third-order valence-corrected chi connectivity index (χ3v) is 5.48. The highest BCUT2D eigenvalue weighted by molar-refractivity contribution is 5.83. The smallest absolute Gasteiger partial charge is 0.230 e. The largest absolute Gasteiger partial charge is 0.342 e. The van der Waals surface area contributed by atoms with Gasteiger partial charge in [0.25, 0.3) is 0 Å². The van der Waals surface area contributed by atoms with Gasteiger partial charge in [-0.1, -0.05) is 20.8 Å². The SMILES string of the molecule is CC1CCC(CN)(C(=O)N2CCC(C)(C)CC2)CC1. The van der Waals surface area contributed by atoms with Gasteiger partial charge < -0.3 is 10.6 Å². The number of likely N-dealkylation sites (tertiary alicyclic amines) is 1. The Morgan fingerprint density at radius 1 is 1.16 bits per heavy atom. The summed E-state index contributed by atoms with van der Waals surface area (Å²) in [5.41, 5.74) is 6.15. The number of hydrogen-bond donors (Lipinski definition) is 1. The standard InChI is InChI=1S/C16H30N2O/c1-13-4-6-16(12-17,7-5-13)14(19)18-10-8-15(2,3)9-11-18/h13H,4-12,17H2,1-3H3. The summed E-state index contributed by atoms with van der Waals surface area (Å²) in [6.45, 7) is 9.25. The van der Waals surface area contributed by atoms with E-state index in [2.05, 4.69) is 25.7 Å². The van der Waals surface area contributed by atoms with E-state index in [0.717, 1.165) is 57.5 Å². The van der Waals surface area contributed by atoms with Gasteiger partial charge in [-0.2, -0.15) is 0 Å². The number of carbonyl (C=O) groups is 1. The molecule has 0 aromatic heterocycles. The first-order valence-corrected chi connectivity index (χ1v) is 7.88. The predicted molar refractivity (Wildman–Crippen MR) is 78.7 cm³/mol. The number of piperidine rings is 1. The molecule has 0 spiro atoms. The molecule has 3 nitrogen and oxygen atoms in total. The molecule has 1 saturated carbocycles. The fraction of sp³-hybridized carbons (Fsp3) is 0.938. The van der Waals surface area contributed by atoms with Crippen LogP contribution in [0.4, 0.5) is 0 Å². The van der Waals surface area contributed by atoms with Crippen molar-refractivity contribution >= 4 is 5.91 Å². The maximum atomic E-state index is 12.9.